The molecule has 0 bridgehead atoms. The fourth-order valence-electron chi connectivity index (χ4n) is 1.40. The molecule has 5 nitrogen and oxygen atoms in total. The molecule has 1 heterocycles. The van der Waals surface area contributed by atoms with Crippen LogP contribution in [-0.2, 0) is 0 Å². The van der Waals surface area contributed by atoms with Crippen molar-refractivity contribution in [3.05, 3.63) is 35.7 Å². The highest BCUT2D eigenvalue weighted by atomic mass is 32.2. The highest BCUT2D eigenvalue weighted by Crippen LogP contribution is 2.20. The number of hydrogen-bond acceptors (Lipinski definition) is 4. The lowest BCUT2D eigenvalue weighted by Gasteiger charge is -2.05. The molecule has 0 saturated heterocycles. The maximum absolute atomic E-state index is 12.0. The molecule has 1 aromatic heterocycles. The number of carbonyl (C=O) groups excluding carboxylic acids is 1. The van der Waals surface area contributed by atoms with Crippen LogP contribution >= 0.6 is 11.8 Å². The highest BCUT2D eigenvalue weighted by molar-refractivity contribution is 7.98. The number of carbonyl (C=O) groups is 1. The number of nitrogens with one attached hydrogen (secondary N) is 2. The third-order valence-corrected chi connectivity index (χ3v) is 2.97. The van der Waals surface area contributed by atoms with Crippen molar-refractivity contribution in [2.24, 2.45) is 0 Å². The maximum Gasteiger partial charge on any atom is 0.259 e. The first-order valence-corrected chi connectivity index (χ1v) is 6.26. The van der Waals surface area contributed by atoms with E-state index in [0.29, 0.717) is 17.3 Å². The molecule has 2 aromatic rings. The van der Waals surface area contributed by atoms with Gasteiger partial charge in [0.2, 0.25) is 5.95 Å². The van der Waals surface area contributed by atoms with E-state index in [-0.39, 0.29) is 5.91 Å². The van der Waals surface area contributed by atoms with E-state index in [2.05, 4.69) is 20.5 Å². The molecule has 1 amide bonds. The summed E-state index contributed by atoms with van der Waals surface area (Å²) in [6.07, 6.45) is 1.93. The lowest BCUT2D eigenvalue weighted by atomic mass is 10.2. The number of anilines is 1. The molecule has 6 heteroatoms. The van der Waals surface area contributed by atoms with E-state index in [1.165, 1.54) is 11.8 Å². The SMILES string of the molecule is CSc1ccccc1C(=O)Nc1n[nH]c(C)n1. The van der Waals surface area contributed by atoms with Crippen molar-refractivity contribution in [2.45, 2.75) is 11.8 Å². The summed E-state index contributed by atoms with van der Waals surface area (Å²) in [6.45, 7) is 1.78. The summed E-state index contributed by atoms with van der Waals surface area (Å²) in [5.74, 6) is 0.760. The molecule has 0 aliphatic heterocycles. The Hall–Kier alpha value is -1.82. The number of nitrogens with zero attached hydrogens (tertiary/aromatic N) is 2. The average molecular weight is 248 g/mol. The van der Waals surface area contributed by atoms with Gasteiger partial charge in [0.05, 0.1) is 5.56 Å². The number of H-pyrrole nitrogens is 1. The summed E-state index contributed by atoms with van der Waals surface area (Å²) >= 11 is 1.53. The number of amides is 1. The van der Waals surface area contributed by atoms with E-state index >= 15 is 0 Å². The normalized spacial score (nSPS) is 10.2. The molecule has 0 saturated carbocycles. The summed E-state index contributed by atoms with van der Waals surface area (Å²) in [5, 5.41) is 9.18. The van der Waals surface area contributed by atoms with Gasteiger partial charge in [-0.15, -0.1) is 16.9 Å². The van der Waals surface area contributed by atoms with Crippen LogP contribution in [0.5, 0.6) is 0 Å². The fourth-order valence-corrected chi connectivity index (χ4v) is 2.00. The van der Waals surface area contributed by atoms with Crippen LogP contribution in [0, 0.1) is 6.92 Å². The van der Waals surface area contributed by atoms with E-state index in [9.17, 15) is 4.79 Å². The van der Waals surface area contributed by atoms with Crippen molar-refractivity contribution in [1.29, 1.82) is 0 Å². The summed E-state index contributed by atoms with van der Waals surface area (Å²) in [6, 6.07) is 7.42. The van der Waals surface area contributed by atoms with Gasteiger partial charge in [-0.05, 0) is 25.3 Å². The zero-order chi connectivity index (χ0) is 12.3. The molecule has 0 radical (unpaired) electrons. The Morgan fingerprint density at radius 3 is 2.82 bits per heavy atom. The molecule has 0 aliphatic carbocycles. The monoisotopic (exact) mass is 248 g/mol. The fraction of sp³-hybridized carbons (Fsp3) is 0.182. The molecular formula is C11H12N4OS. The topological polar surface area (TPSA) is 70.7 Å². The minimum atomic E-state index is -0.200. The predicted octanol–water partition coefficient (Wildman–Crippen LogP) is 2.09. The van der Waals surface area contributed by atoms with Crippen molar-refractivity contribution in [1.82, 2.24) is 15.2 Å². The predicted molar refractivity (Wildman–Crippen MR) is 67.3 cm³/mol. The van der Waals surface area contributed by atoms with Gasteiger partial charge < -0.3 is 0 Å². The van der Waals surface area contributed by atoms with Crippen LogP contribution in [0.4, 0.5) is 5.95 Å². The second-order valence-corrected chi connectivity index (χ2v) is 4.25. The second kappa shape index (κ2) is 5.01. The molecular weight excluding hydrogens is 236 g/mol. The zero-order valence-corrected chi connectivity index (χ0v) is 10.3. The van der Waals surface area contributed by atoms with Gasteiger partial charge in [0.1, 0.15) is 5.82 Å². The Kier molecular flexibility index (Phi) is 3.43. The minimum Gasteiger partial charge on any atom is -0.289 e. The van der Waals surface area contributed by atoms with Crippen LogP contribution in [-0.4, -0.2) is 27.3 Å². The number of aromatic amines is 1. The Morgan fingerprint density at radius 1 is 1.41 bits per heavy atom. The van der Waals surface area contributed by atoms with Crippen LogP contribution in [0.15, 0.2) is 29.2 Å². The van der Waals surface area contributed by atoms with Crippen molar-refractivity contribution in [3.8, 4) is 0 Å². The molecule has 88 valence electrons. The van der Waals surface area contributed by atoms with Crippen molar-refractivity contribution < 1.29 is 4.79 Å². The quantitative estimate of drug-likeness (QED) is 0.816. The molecule has 1 aromatic carbocycles. The van der Waals surface area contributed by atoms with E-state index in [1.807, 2.05) is 24.5 Å². The van der Waals surface area contributed by atoms with Crippen LogP contribution in [0.3, 0.4) is 0 Å². The largest absolute Gasteiger partial charge is 0.289 e. The minimum absolute atomic E-state index is 0.200. The van der Waals surface area contributed by atoms with E-state index in [4.69, 9.17) is 0 Å². The Balaban J connectivity index is 2.20. The molecule has 0 unspecified atom stereocenters. The van der Waals surface area contributed by atoms with Crippen LogP contribution in [0.25, 0.3) is 0 Å². The molecule has 0 spiro atoms. The summed E-state index contributed by atoms with van der Waals surface area (Å²) < 4.78 is 0. The van der Waals surface area contributed by atoms with Gasteiger partial charge in [0.15, 0.2) is 0 Å². The Labute approximate surface area is 103 Å². The van der Waals surface area contributed by atoms with E-state index in [0.717, 1.165) is 4.90 Å². The number of aromatic nitrogens is 3. The lowest BCUT2D eigenvalue weighted by Crippen LogP contribution is -2.13. The van der Waals surface area contributed by atoms with Gasteiger partial charge in [-0.1, -0.05) is 12.1 Å². The van der Waals surface area contributed by atoms with Crippen LogP contribution < -0.4 is 5.32 Å². The van der Waals surface area contributed by atoms with Gasteiger partial charge in [-0.3, -0.25) is 15.2 Å². The van der Waals surface area contributed by atoms with E-state index in [1.54, 1.807) is 13.0 Å². The first-order chi connectivity index (χ1) is 8.20. The summed E-state index contributed by atoms with van der Waals surface area (Å²) in [5.41, 5.74) is 0.627. The highest BCUT2D eigenvalue weighted by Gasteiger charge is 2.12. The third-order valence-electron chi connectivity index (χ3n) is 2.17. The number of aryl methyl sites for hydroxylation is 1. The molecule has 2 N–H and O–H groups in total. The first-order valence-electron chi connectivity index (χ1n) is 5.04. The van der Waals surface area contributed by atoms with Crippen molar-refractivity contribution >= 4 is 23.6 Å². The molecule has 0 aliphatic rings. The Morgan fingerprint density at radius 2 is 2.18 bits per heavy atom. The number of thioether (sulfide) groups is 1. The van der Waals surface area contributed by atoms with E-state index < -0.39 is 0 Å². The van der Waals surface area contributed by atoms with Crippen LogP contribution in [0.2, 0.25) is 0 Å². The molecule has 17 heavy (non-hydrogen) atoms. The van der Waals surface area contributed by atoms with Gasteiger partial charge in [-0.2, -0.15) is 4.98 Å². The van der Waals surface area contributed by atoms with Gasteiger partial charge in [0, 0.05) is 4.90 Å². The van der Waals surface area contributed by atoms with Crippen molar-refractivity contribution in [2.75, 3.05) is 11.6 Å². The smallest absolute Gasteiger partial charge is 0.259 e. The number of rotatable bonds is 3. The van der Waals surface area contributed by atoms with Crippen LogP contribution in [0.1, 0.15) is 16.2 Å². The summed E-state index contributed by atoms with van der Waals surface area (Å²) in [7, 11) is 0. The summed E-state index contributed by atoms with van der Waals surface area (Å²) in [4.78, 5) is 16.9. The standard InChI is InChI=1S/C11H12N4OS/c1-7-12-11(15-14-7)13-10(16)8-5-3-4-6-9(8)17-2/h3-6H,1-2H3,(H2,12,13,14,15,16). The van der Waals surface area contributed by atoms with Gasteiger partial charge >= 0.3 is 0 Å². The third kappa shape index (κ3) is 2.65. The Bertz CT molecular complexity index is 538. The molecule has 0 fully saturated rings. The average Bonchev–Trinajstić information content (AvgIpc) is 2.74. The van der Waals surface area contributed by atoms with Crippen molar-refractivity contribution in [3.63, 3.8) is 0 Å². The van der Waals surface area contributed by atoms with Gasteiger partial charge in [0.25, 0.3) is 5.91 Å². The molecule has 2 rings (SSSR count). The lowest BCUT2D eigenvalue weighted by molar-refractivity contribution is 0.102. The number of hydrogen-bond donors (Lipinski definition) is 2. The number of benzene rings is 1. The first kappa shape index (κ1) is 11.7. The van der Waals surface area contributed by atoms with Gasteiger partial charge in [-0.25, -0.2) is 0 Å². The molecule has 0 atom stereocenters. The zero-order valence-electron chi connectivity index (χ0n) is 9.52. The maximum atomic E-state index is 12.0. The second-order valence-electron chi connectivity index (χ2n) is 3.40.